The second-order valence-electron chi connectivity index (χ2n) is 6.37. The lowest BCUT2D eigenvalue weighted by Crippen LogP contribution is -2.43. The first-order valence-electron chi connectivity index (χ1n) is 9.09. The van der Waals surface area contributed by atoms with Crippen LogP contribution in [0.3, 0.4) is 0 Å². The summed E-state index contributed by atoms with van der Waals surface area (Å²) >= 11 is 0. The number of amidine groups is 1. The number of Topliss-reactive ketones (excluding diaryl/α,β-unsaturated/α-hetero) is 1. The highest BCUT2D eigenvalue weighted by Gasteiger charge is 2.37. The Hall–Kier alpha value is -3.84. The molecular formula is C24H19N3O. The summed E-state index contributed by atoms with van der Waals surface area (Å²) in [4.78, 5) is 14.3. The average Bonchev–Trinajstić information content (AvgIpc) is 3.14. The van der Waals surface area contributed by atoms with Gasteiger partial charge in [-0.25, -0.2) is 5.01 Å². The monoisotopic (exact) mass is 365 g/mol. The number of rotatable bonds is 3. The minimum atomic E-state index is -0.427. The zero-order valence-corrected chi connectivity index (χ0v) is 15.5. The van der Waals surface area contributed by atoms with E-state index >= 15 is 0 Å². The van der Waals surface area contributed by atoms with Crippen molar-refractivity contribution in [3.8, 4) is 11.8 Å². The van der Waals surface area contributed by atoms with Crippen LogP contribution in [0.2, 0.25) is 0 Å². The van der Waals surface area contributed by atoms with Crippen LogP contribution in [-0.4, -0.2) is 17.8 Å². The van der Waals surface area contributed by atoms with Gasteiger partial charge in [-0.1, -0.05) is 60.5 Å². The summed E-state index contributed by atoms with van der Waals surface area (Å²) < 4.78 is 0. The highest BCUT2D eigenvalue weighted by Crippen LogP contribution is 2.29. The van der Waals surface area contributed by atoms with Crippen molar-refractivity contribution in [2.24, 2.45) is 5.10 Å². The van der Waals surface area contributed by atoms with Gasteiger partial charge >= 0.3 is 0 Å². The maximum atomic E-state index is 12.4. The molecule has 0 aromatic heterocycles. The highest BCUT2D eigenvalue weighted by atomic mass is 16.1. The number of hydrogen-bond acceptors (Lipinski definition) is 4. The molecule has 0 spiro atoms. The maximum Gasteiger partial charge on any atom is 0.199 e. The maximum absolute atomic E-state index is 12.4. The van der Waals surface area contributed by atoms with E-state index in [1.165, 1.54) is 6.92 Å². The Bertz CT molecular complexity index is 1050. The summed E-state index contributed by atoms with van der Waals surface area (Å²) in [5.41, 5.74) is 2.68. The summed E-state index contributed by atoms with van der Waals surface area (Å²) in [7, 11) is 0. The topological polar surface area (TPSA) is 35.9 Å². The van der Waals surface area contributed by atoms with Gasteiger partial charge in [0.15, 0.2) is 17.8 Å². The van der Waals surface area contributed by atoms with Gasteiger partial charge < -0.3 is 0 Å². The van der Waals surface area contributed by atoms with Gasteiger partial charge in [0.25, 0.3) is 0 Å². The molecule has 1 heterocycles. The number of hydrogen-bond donors (Lipinski definition) is 0. The van der Waals surface area contributed by atoms with E-state index in [0.717, 1.165) is 16.9 Å². The number of anilines is 2. The lowest BCUT2D eigenvalue weighted by atomic mass is 10.2. The van der Waals surface area contributed by atoms with Gasteiger partial charge in [-0.3, -0.25) is 9.69 Å². The Kier molecular flexibility index (Phi) is 4.90. The summed E-state index contributed by atoms with van der Waals surface area (Å²) in [5.74, 6) is 6.82. The average molecular weight is 365 g/mol. The predicted molar refractivity (Wildman–Crippen MR) is 113 cm³/mol. The molecule has 4 nitrogen and oxygen atoms in total. The van der Waals surface area contributed by atoms with Gasteiger partial charge in [0.1, 0.15) is 0 Å². The molecule has 1 aliphatic heterocycles. The fraction of sp³-hybridized carbons (Fsp3) is 0.0833. The van der Waals surface area contributed by atoms with E-state index in [9.17, 15) is 4.79 Å². The van der Waals surface area contributed by atoms with Crippen LogP contribution < -0.4 is 9.91 Å². The Morgan fingerprint density at radius 2 is 1.36 bits per heavy atom. The fourth-order valence-corrected chi connectivity index (χ4v) is 3.10. The summed E-state index contributed by atoms with van der Waals surface area (Å²) in [6, 6.07) is 29.4. The molecular weight excluding hydrogens is 346 g/mol. The Morgan fingerprint density at radius 1 is 0.821 bits per heavy atom. The summed E-state index contributed by atoms with van der Waals surface area (Å²) in [6.45, 7) is 1.53. The van der Waals surface area contributed by atoms with E-state index < -0.39 is 6.17 Å². The van der Waals surface area contributed by atoms with Crippen molar-refractivity contribution in [1.29, 1.82) is 0 Å². The molecule has 4 rings (SSSR count). The number of nitrogens with zero attached hydrogens (tertiary/aromatic N) is 3. The number of carbonyl (C=O) groups excluding carboxylic acids is 1. The third-order valence-electron chi connectivity index (χ3n) is 4.40. The van der Waals surface area contributed by atoms with Crippen molar-refractivity contribution < 1.29 is 4.79 Å². The number of hydrazone groups is 1. The zero-order valence-electron chi connectivity index (χ0n) is 15.5. The molecule has 1 atom stereocenters. The SMILES string of the molecule is CC(=O)C1=NN(c2ccccc2)[C@H](C#Cc2ccccc2)N1c1ccccc1. The molecule has 3 aromatic rings. The van der Waals surface area contributed by atoms with Crippen molar-refractivity contribution in [3.05, 3.63) is 96.6 Å². The third kappa shape index (κ3) is 3.51. The van der Waals surface area contributed by atoms with Crippen LogP contribution in [-0.2, 0) is 4.79 Å². The molecule has 0 fully saturated rings. The first-order chi connectivity index (χ1) is 13.7. The van der Waals surface area contributed by atoms with Gasteiger partial charge in [-0.2, -0.15) is 0 Å². The smallest absolute Gasteiger partial charge is 0.199 e. The van der Waals surface area contributed by atoms with E-state index in [1.54, 1.807) is 5.01 Å². The molecule has 28 heavy (non-hydrogen) atoms. The molecule has 0 aliphatic carbocycles. The molecule has 136 valence electrons. The van der Waals surface area contributed by atoms with Crippen molar-refractivity contribution in [1.82, 2.24) is 0 Å². The van der Waals surface area contributed by atoms with Crippen molar-refractivity contribution in [2.45, 2.75) is 13.1 Å². The van der Waals surface area contributed by atoms with Crippen LogP contribution >= 0.6 is 0 Å². The lowest BCUT2D eigenvalue weighted by molar-refractivity contribution is -0.111. The molecule has 0 saturated carbocycles. The number of para-hydroxylation sites is 2. The van der Waals surface area contributed by atoms with E-state index in [4.69, 9.17) is 0 Å². The minimum absolute atomic E-state index is 0.103. The normalized spacial score (nSPS) is 15.6. The van der Waals surface area contributed by atoms with E-state index in [2.05, 4.69) is 16.9 Å². The molecule has 0 bridgehead atoms. The van der Waals surface area contributed by atoms with Crippen molar-refractivity contribution in [2.75, 3.05) is 9.91 Å². The number of ketones is 1. The summed E-state index contributed by atoms with van der Waals surface area (Å²) in [6.07, 6.45) is -0.427. The van der Waals surface area contributed by atoms with Crippen LogP contribution in [0.4, 0.5) is 11.4 Å². The number of benzene rings is 3. The second kappa shape index (κ2) is 7.81. The third-order valence-corrected chi connectivity index (χ3v) is 4.40. The van der Waals surface area contributed by atoms with Crippen LogP contribution in [0.5, 0.6) is 0 Å². The first-order valence-corrected chi connectivity index (χ1v) is 9.09. The molecule has 0 saturated heterocycles. The minimum Gasteiger partial charge on any atom is -0.291 e. The van der Waals surface area contributed by atoms with Gasteiger partial charge in [-0.15, -0.1) is 5.10 Å². The van der Waals surface area contributed by atoms with Gasteiger partial charge in [0.05, 0.1) is 5.69 Å². The Labute approximate surface area is 164 Å². The van der Waals surface area contributed by atoms with Crippen LogP contribution in [0.15, 0.2) is 96.1 Å². The quantitative estimate of drug-likeness (QED) is 0.650. The molecule has 0 N–H and O–H groups in total. The predicted octanol–water partition coefficient (Wildman–Crippen LogP) is 4.29. The first kappa shape index (κ1) is 17.6. The van der Waals surface area contributed by atoms with Crippen LogP contribution in [0, 0.1) is 11.8 Å². The molecule has 0 radical (unpaired) electrons. The lowest BCUT2D eigenvalue weighted by Gasteiger charge is -2.27. The fourth-order valence-electron chi connectivity index (χ4n) is 3.10. The van der Waals surface area contributed by atoms with E-state index in [1.807, 2.05) is 95.9 Å². The number of carbonyl (C=O) groups is 1. The van der Waals surface area contributed by atoms with Crippen LogP contribution in [0.25, 0.3) is 0 Å². The van der Waals surface area contributed by atoms with Gasteiger partial charge in [0.2, 0.25) is 0 Å². The van der Waals surface area contributed by atoms with Crippen LogP contribution in [0.1, 0.15) is 12.5 Å². The molecule has 1 aliphatic rings. The molecule has 4 heteroatoms. The van der Waals surface area contributed by atoms with E-state index in [-0.39, 0.29) is 5.78 Å². The Balaban J connectivity index is 1.83. The second-order valence-corrected chi connectivity index (χ2v) is 6.37. The summed E-state index contributed by atoms with van der Waals surface area (Å²) in [5, 5.41) is 6.44. The molecule has 0 amide bonds. The largest absolute Gasteiger partial charge is 0.291 e. The molecule has 3 aromatic carbocycles. The Morgan fingerprint density at radius 3 is 1.93 bits per heavy atom. The molecule has 0 unspecified atom stereocenters. The van der Waals surface area contributed by atoms with Gasteiger partial charge in [-0.05, 0) is 42.3 Å². The zero-order chi connectivity index (χ0) is 19.3. The van der Waals surface area contributed by atoms with Crippen molar-refractivity contribution in [3.63, 3.8) is 0 Å². The standard InChI is InChI=1S/C24H19N3O/c1-19(28)24-25-27(22-15-9-4-10-16-22)23(18-17-20-11-5-2-6-12-20)26(24)21-13-7-3-8-14-21/h2-16,23H,1H3/t23-/m1/s1. The van der Waals surface area contributed by atoms with Crippen molar-refractivity contribution >= 4 is 23.0 Å². The highest BCUT2D eigenvalue weighted by molar-refractivity contribution is 6.44. The van der Waals surface area contributed by atoms with E-state index in [0.29, 0.717) is 5.84 Å². The van der Waals surface area contributed by atoms with Gasteiger partial charge in [0, 0.05) is 18.2 Å².